The van der Waals surface area contributed by atoms with Crippen molar-refractivity contribution in [1.82, 2.24) is 0 Å². The van der Waals surface area contributed by atoms with Crippen molar-refractivity contribution in [3.05, 3.63) is 35.6 Å². The minimum atomic E-state index is -3.36. The van der Waals surface area contributed by atoms with E-state index in [9.17, 15) is 13.2 Å². The van der Waals surface area contributed by atoms with Crippen molar-refractivity contribution >= 4 is 5.84 Å². The number of hydrogen-bond acceptors (Lipinski definition) is 3. The molecule has 1 aromatic rings. The maximum absolute atomic E-state index is 14.1. The number of hydrogen-bond donors (Lipinski definition) is 1. The fourth-order valence-electron chi connectivity index (χ4n) is 1.87. The number of halogens is 3. The molecule has 0 fully saturated rings. The minimum absolute atomic E-state index is 0.0853. The van der Waals surface area contributed by atoms with Crippen molar-refractivity contribution in [3.8, 4) is 0 Å². The van der Waals surface area contributed by atoms with E-state index in [-0.39, 0.29) is 18.0 Å². The van der Waals surface area contributed by atoms with E-state index in [1.165, 1.54) is 6.07 Å². The topological polar surface area (TPSA) is 47.6 Å². The SMILES string of the molecule is CC1(c2c[c]ccc2F)N=C(N)COCC1(F)F. The molecule has 1 radical (unpaired) electrons. The van der Waals surface area contributed by atoms with Gasteiger partial charge in [0.15, 0.2) is 5.54 Å². The van der Waals surface area contributed by atoms with Crippen LogP contribution in [0.15, 0.2) is 23.2 Å². The standard InChI is InChI=1S/C12H12F3N2O/c1-11(8-4-2-3-5-9(8)13)12(14,15)7-18-6-10(16)17-11/h3-5H,6-7H2,1H3,(H2,16,17). The zero-order chi connectivity index (χ0) is 13.4. The zero-order valence-corrected chi connectivity index (χ0v) is 9.71. The predicted octanol–water partition coefficient (Wildman–Crippen LogP) is 1.86. The molecule has 18 heavy (non-hydrogen) atoms. The van der Waals surface area contributed by atoms with E-state index in [1.54, 1.807) is 0 Å². The average molecular weight is 257 g/mol. The molecule has 0 saturated carbocycles. The number of alkyl halides is 2. The van der Waals surface area contributed by atoms with Gasteiger partial charge in [0, 0.05) is 5.56 Å². The lowest BCUT2D eigenvalue weighted by Crippen LogP contribution is -2.45. The molecule has 1 atom stereocenters. The fourth-order valence-corrected chi connectivity index (χ4v) is 1.87. The van der Waals surface area contributed by atoms with Gasteiger partial charge in [0.05, 0.1) is 0 Å². The van der Waals surface area contributed by atoms with Crippen molar-refractivity contribution in [2.75, 3.05) is 13.2 Å². The first kappa shape index (κ1) is 12.9. The van der Waals surface area contributed by atoms with Gasteiger partial charge in [-0.25, -0.2) is 13.2 Å². The highest BCUT2D eigenvalue weighted by atomic mass is 19.3. The molecule has 2 rings (SSSR count). The van der Waals surface area contributed by atoms with Gasteiger partial charge in [0.2, 0.25) is 0 Å². The van der Waals surface area contributed by atoms with Crippen molar-refractivity contribution in [3.63, 3.8) is 0 Å². The summed E-state index contributed by atoms with van der Waals surface area (Å²) in [4.78, 5) is 3.75. The molecule has 0 amide bonds. The quantitative estimate of drug-likeness (QED) is 0.834. The molecule has 0 aromatic heterocycles. The summed E-state index contributed by atoms with van der Waals surface area (Å²) in [6, 6.07) is 6.10. The summed E-state index contributed by atoms with van der Waals surface area (Å²) in [5.74, 6) is -4.21. The average Bonchev–Trinajstić information content (AvgIpc) is 2.37. The van der Waals surface area contributed by atoms with Gasteiger partial charge >= 0.3 is 0 Å². The Hall–Kier alpha value is -1.56. The Bertz CT molecular complexity index is 490. The highest BCUT2D eigenvalue weighted by Crippen LogP contribution is 2.43. The van der Waals surface area contributed by atoms with Crippen LogP contribution in [0.25, 0.3) is 0 Å². The molecule has 3 nitrogen and oxygen atoms in total. The molecule has 6 heteroatoms. The predicted molar refractivity (Wildman–Crippen MR) is 60.0 cm³/mol. The van der Waals surface area contributed by atoms with Crippen LogP contribution < -0.4 is 5.73 Å². The van der Waals surface area contributed by atoms with E-state index in [0.29, 0.717) is 0 Å². The third-order valence-electron chi connectivity index (χ3n) is 2.95. The van der Waals surface area contributed by atoms with Crippen molar-refractivity contribution in [1.29, 1.82) is 0 Å². The summed E-state index contributed by atoms with van der Waals surface area (Å²) in [5, 5.41) is 0. The largest absolute Gasteiger partial charge is 0.385 e. The van der Waals surface area contributed by atoms with Gasteiger partial charge in [-0.1, -0.05) is 6.07 Å². The molecular weight excluding hydrogens is 245 g/mol. The second-order valence-electron chi connectivity index (χ2n) is 4.28. The summed E-state index contributed by atoms with van der Waals surface area (Å²) >= 11 is 0. The molecule has 1 heterocycles. The molecule has 0 aliphatic carbocycles. The lowest BCUT2D eigenvalue weighted by molar-refractivity contribution is -0.116. The van der Waals surface area contributed by atoms with Crippen LogP contribution in [0.4, 0.5) is 13.2 Å². The molecule has 1 aromatic carbocycles. The Morgan fingerprint density at radius 1 is 1.50 bits per heavy atom. The highest BCUT2D eigenvalue weighted by molar-refractivity contribution is 5.82. The number of aliphatic imine (C=N–C) groups is 1. The summed E-state index contributed by atoms with van der Waals surface area (Å²) < 4.78 is 46.6. The second-order valence-corrected chi connectivity index (χ2v) is 4.28. The summed E-state index contributed by atoms with van der Waals surface area (Å²) in [7, 11) is 0. The van der Waals surface area contributed by atoms with Crippen LogP contribution in [0.2, 0.25) is 0 Å². The van der Waals surface area contributed by atoms with Crippen molar-refractivity contribution in [2.45, 2.75) is 18.4 Å². The third kappa shape index (κ3) is 1.96. The van der Waals surface area contributed by atoms with E-state index in [1.807, 2.05) is 0 Å². The van der Waals surface area contributed by atoms with E-state index in [4.69, 9.17) is 10.5 Å². The van der Waals surface area contributed by atoms with E-state index < -0.39 is 23.9 Å². The Labute approximate surface area is 102 Å². The number of ether oxygens (including phenoxy) is 1. The van der Waals surface area contributed by atoms with E-state index in [2.05, 4.69) is 11.1 Å². The Morgan fingerprint density at radius 2 is 2.22 bits per heavy atom. The van der Waals surface area contributed by atoms with Gasteiger partial charge in [-0.2, -0.15) is 0 Å². The molecule has 1 unspecified atom stereocenters. The Kier molecular flexibility index (Phi) is 3.06. The molecule has 0 spiro atoms. The summed E-state index contributed by atoms with van der Waals surface area (Å²) in [6.45, 7) is 0.0895. The van der Waals surface area contributed by atoms with Crippen molar-refractivity contribution < 1.29 is 17.9 Å². The van der Waals surface area contributed by atoms with Gasteiger partial charge in [0.1, 0.15) is 24.9 Å². The first-order valence-electron chi connectivity index (χ1n) is 5.33. The Morgan fingerprint density at radius 3 is 2.89 bits per heavy atom. The summed E-state index contributed by atoms with van der Waals surface area (Å²) in [5.41, 5.74) is 3.14. The van der Waals surface area contributed by atoms with Crippen LogP contribution in [-0.4, -0.2) is 25.0 Å². The van der Waals surface area contributed by atoms with E-state index >= 15 is 0 Å². The molecular formula is C12H12F3N2O. The number of nitrogens with two attached hydrogens (primary N) is 1. The lowest BCUT2D eigenvalue weighted by Gasteiger charge is -2.32. The molecule has 97 valence electrons. The summed E-state index contributed by atoms with van der Waals surface area (Å²) in [6.07, 6.45) is 0. The van der Waals surface area contributed by atoms with Crippen LogP contribution >= 0.6 is 0 Å². The smallest absolute Gasteiger partial charge is 0.299 e. The van der Waals surface area contributed by atoms with Gasteiger partial charge in [0.25, 0.3) is 5.92 Å². The molecule has 2 N–H and O–H groups in total. The fraction of sp³-hybridized carbons (Fsp3) is 0.417. The van der Waals surface area contributed by atoms with Crippen LogP contribution in [0, 0.1) is 11.9 Å². The maximum Gasteiger partial charge on any atom is 0.299 e. The number of nitrogens with zero attached hydrogens (tertiary/aromatic N) is 1. The van der Waals surface area contributed by atoms with Crippen LogP contribution in [-0.2, 0) is 10.3 Å². The van der Waals surface area contributed by atoms with Gasteiger partial charge in [-0.3, -0.25) is 4.99 Å². The normalized spacial score (nSPS) is 27.4. The zero-order valence-electron chi connectivity index (χ0n) is 9.71. The van der Waals surface area contributed by atoms with Gasteiger partial charge in [-0.05, 0) is 25.1 Å². The number of amidine groups is 1. The molecule has 1 aliphatic heterocycles. The molecule has 0 bridgehead atoms. The van der Waals surface area contributed by atoms with Crippen LogP contribution in [0.3, 0.4) is 0 Å². The third-order valence-corrected chi connectivity index (χ3v) is 2.95. The Balaban J connectivity index is 2.61. The van der Waals surface area contributed by atoms with Crippen LogP contribution in [0.5, 0.6) is 0 Å². The molecule has 0 saturated heterocycles. The monoisotopic (exact) mass is 257 g/mol. The minimum Gasteiger partial charge on any atom is -0.385 e. The molecule has 1 aliphatic rings. The number of rotatable bonds is 1. The van der Waals surface area contributed by atoms with Crippen molar-refractivity contribution in [2.24, 2.45) is 10.7 Å². The lowest BCUT2D eigenvalue weighted by atomic mass is 9.86. The number of benzene rings is 1. The van der Waals surface area contributed by atoms with Gasteiger partial charge < -0.3 is 10.5 Å². The van der Waals surface area contributed by atoms with Gasteiger partial charge in [-0.15, -0.1) is 0 Å². The van der Waals surface area contributed by atoms with Crippen LogP contribution in [0.1, 0.15) is 12.5 Å². The highest BCUT2D eigenvalue weighted by Gasteiger charge is 2.54. The second kappa shape index (κ2) is 4.28. The maximum atomic E-state index is 14.1. The first-order chi connectivity index (χ1) is 8.37. The first-order valence-corrected chi connectivity index (χ1v) is 5.33. The van der Waals surface area contributed by atoms with E-state index in [0.717, 1.165) is 19.1 Å².